The molecule has 0 atom stereocenters. The van der Waals surface area contributed by atoms with Crippen molar-refractivity contribution in [3.8, 4) is 0 Å². The Kier molecular flexibility index (Phi) is 6.63. The number of hydrogen-bond donors (Lipinski definition) is 1. The number of benzene rings is 2. The lowest BCUT2D eigenvalue weighted by Crippen LogP contribution is -2.40. The van der Waals surface area contributed by atoms with E-state index in [2.05, 4.69) is 26.5 Å². The summed E-state index contributed by atoms with van der Waals surface area (Å²) in [5, 5.41) is 15.5. The quantitative estimate of drug-likeness (QED) is 0.384. The van der Waals surface area contributed by atoms with Gasteiger partial charge in [-0.05, 0) is 19.1 Å². The summed E-state index contributed by atoms with van der Waals surface area (Å²) in [6.45, 7) is 2.69. The fraction of sp³-hybridized carbons (Fsp3) is 0.278. The minimum absolute atomic E-state index is 0.161. The van der Waals surface area contributed by atoms with E-state index in [9.17, 15) is 18.5 Å². The molecule has 2 aromatic carbocycles. The van der Waals surface area contributed by atoms with Crippen molar-refractivity contribution in [3.63, 3.8) is 0 Å². The van der Waals surface area contributed by atoms with Crippen LogP contribution in [0.3, 0.4) is 0 Å². The number of nitro groups is 1. The SMILES string of the molecule is C/C(=N\Nc1ccc([N+](=O)[O-])cc1S(=O)(=O)N1CCOCC1)c1ccccc1Br. The monoisotopic (exact) mass is 482 g/mol. The minimum Gasteiger partial charge on any atom is -0.379 e. The smallest absolute Gasteiger partial charge is 0.270 e. The maximum Gasteiger partial charge on any atom is 0.270 e. The van der Waals surface area contributed by atoms with Gasteiger partial charge in [0.05, 0.1) is 29.5 Å². The number of anilines is 1. The van der Waals surface area contributed by atoms with Gasteiger partial charge in [0.1, 0.15) is 4.90 Å². The van der Waals surface area contributed by atoms with Gasteiger partial charge in [-0.25, -0.2) is 8.42 Å². The summed E-state index contributed by atoms with van der Waals surface area (Å²) in [5.74, 6) is 0. The van der Waals surface area contributed by atoms with Crippen LogP contribution in [0.1, 0.15) is 12.5 Å². The molecular weight excluding hydrogens is 464 g/mol. The van der Waals surface area contributed by atoms with Crippen LogP contribution in [-0.2, 0) is 14.8 Å². The first kappa shape index (κ1) is 21.4. The van der Waals surface area contributed by atoms with Crippen molar-refractivity contribution in [3.05, 3.63) is 62.6 Å². The van der Waals surface area contributed by atoms with E-state index in [1.54, 1.807) is 6.92 Å². The van der Waals surface area contributed by atoms with Crippen molar-refractivity contribution in [2.24, 2.45) is 5.10 Å². The van der Waals surface area contributed by atoms with E-state index in [0.29, 0.717) is 5.71 Å². The molecule has 0 spiro atoms. The van der Waals surface area contributed by atoms with Crippen LogP contribution in [0, 0.1) is 10.1 Å². The highest BCUT2D eigenvalue weighted by molar-refractivity contribution is 9.10. The van der Waals surface area contributed by atoms with E-state index >= 15 is 0 Å². The number of nitrogens with zero attached hydrogens (tertiary/aromatic N) is 3. The van der Waals surface area contributed by atoms with E-state index in [-0.39, 0.29) is 42.6 Å². The molecule has 0 aromatic heterocycles. The fourth-order valence-electron chi connectivity index (χ4n) is 2.82. The average Bonchev–Trinajstić information content (AvgIpc) is 2.72. The maximum atomic E-state index is 13.1. The molecule has 1 N–H and O–H groups in total. The Morgan fingerprint density at radius 2 is 1.93 bits per heavy atom. The molecule has 0 saturated carbocycles. The summed E-state index contributed by atoms with van der Waals surface area (Å²) in [7, 11) is -3.96. The molecule has 0 radical (unpaired) electrons. The third-order valence-corrected chi connectivity index (χ3v) is 7.00. The number of ether oxygens (including phenoxy) is 1. The molecule has 154 valence electrons. The Balaban J connectivity index is 1.99. The highest BCUT2D eigenvalue weighted by Gasteiger charge is 2.30. The van der Waals surface area contributed by atoms with Gasteiger partial charge >= 0.3 is 0 Å². The van der Waals surface area contributed by atoms with E-state index in [1.165, 1.54) is 16.4 Å². The van der Waals surface area contributed by atoms with E-state index in [1.807, 2.05) is 24.3 Å². The average molecular weight is 483 g/mol. The number of hydrogen-bond acceptors (Lipinski definition) is 7. The molecule has 1 saturated heterocycles. The summed E-state index contributed by atoms with van der Waals surface area (Å²) in [6, 6.07) is 11.1. The highest BCUT2D eigenvalue weighted by atomic mass is 79.9. The fourth-order valence-corrected chi connectivity index (χ4v) is 4.96. The first-order chi connectivity index (χ1) is 13.8. The van der Waals surface area contributed by atoms with E-state index in [0.717, 1.165) is 16.1 Å². The Hall–Kier alpha value is -2.34. The first-order valence-electron chi connectivity index (χ1n) is 8.72. The van der Waals surface area contributed by atoms with Gasteiger partial charge < -0.3 is 4.74 Å². The topological polar surface area (TPSA) is 114 Å². The number of halogens is 1. The van der Waals surface area contributed by atoms with Crippen LogP contribution in [0.5, 0.6) is 0 Å². The van der Waals surface area contributed by atoms with Crippen LogP contribution in [0.15, 0.2) is 56.9 Å². The molecule has 29 heavy (non-hydrogen) atoms. The Morgan fingerprint density at radius 1 is 1.24 bits per heavy atom. The standard InChI is InChI=1S/C18H19BrN4O5S/c1-13(15-4-2-3-5-16(15)19)20-21-17-7-6-14(23(24)25)12-18(17)29(26,27)22-8-10-28-11-9-22/h2-7,12,21H,8-11H2,1H3/b20-13+. The lowest BCUT2D eigenvalue weighted by Gasteiger charge is -2.26. The minimum atomic E-state index is -3.96. The number of rotatable bonds is 6. The molecule has 0 bridgehead atoms. The molecule has 2 aromatic rings. The summed E-state index contributed by atoms with van der Waals surface area (Å²) in [6.07, 6.45) is 0. The molecule has 11 heteroatoms. The van der Waals surface area contributed by atoms with Gasteiger partial charge in [0.2, 0.25) is 10.0 Å². The predicted octanol–water partition coefficient (Wildman–Crippen LogP) is 3.21. The van der Waals surface area contributed by atoms with E-state index in [4.69, 9.17) is 4.74 Å². The van der Waals surface area contributed by atoms with Crippen molar-refractivity contribution >= 4 is 43.0 Å². The molecule has 9 nitrogen and oxygen atoms in total. The van der Waals surface area contributed by atoms with Gasteiger partial charge in [-0.1, -0.05) is 34.1 Å². The van der Waals surface area contributed by atoms with Gasteiger partial charge in [0, 0.05) is 35.3 Å². The normalized spacial score (nSPS) is 15.9. The third-order valence-electron chi connectivity index (χ3n) is 4.37. The van der Waals surface area contributed by atoms with Crippen molar-refractivity contribution in [2.75, 3.05) is 31.7 Å². The molecule has 3 rings (SSSR count). The molecule has 0 aliphatic carbocycles. The van der Waals surface area contributed by atoms with Crippen molar-refractivity contribution in [2.45, 2.75) is 11.8 Å². The number of nitro benzene ring substituents is 1. The zero-order valence-corrected chi connectivity index (χ0v) is 17.9. The Bertz CT molecular complexity index is 1050. The summed E-state index contributed by atoms with van der Waals surface area (Å²) < 4.78 is 33.5. The lowest BCUT2D eigenvalue weighted by molar-refractivity contribution is -0.385. The molecule has 1 aliphatic heterocycles. The Morgan fingerprint density at radius 3 is 2.59 bits per heavy atom. The Labute approximate surface area is 176 Å². The lowest BCUT2D eigenvalue weighted by atomic mass is 10.1. The second-order valence-corrected chi connectivity index (χ2v) is 9.00. The zero-order valence-electron chi connectivity index (χ0n) is 15.5. The molecule has 0 unspecified atom stereocenters. The molecule has 1 aliphatic rings. The van der Waals surface area contributed by atoms with Crippen LogP contribution in [0.4, 0.5) is 11.4 Å². The van der Waals surface area contributed by atoms with Crippen molar-refractivity contribution < 1.29 is 18.1 Å². The maximum absolute atomic E-state index is 13.1. The van der Waals surface area contributed by atoms with Gasteiger partial charge in [0.25, 0.3) is 5.69 Å². The highest BCUT2D eigenvalue weighted by Crippen LogP contribution is 2.30. The van der Waals surface area contributed by atoms with Gasteiger partial charge in [0.15, 0.2) is 0 Å². The number of hydrazone groups is 1. The molecule has 1 heterocycles. The number of non-ortho nitro benzene ring substituents is 1. The molecular formula is C18H19BrN4O5S. The second-order valence-electron chi connectivity index (χ2n) is 6.24. The van der Waals surface area contributed by atoms with Gasteiger partial charge in [-0.15, -0.1) is 0 Å². The number of sulfonamides is 1. The number of nitrogens with one attached hydrogen (secondary N) is 1. The second kappa shape index (κ2) is 8.99. The van der Waals surface area contributed by atoms with Gasteiger partial charge in [-0.2, -0.15) is 9.41 Å². The van der Waals surface area contributed by atoms with Crippen molar-refractivity contribution in [1.29, 1.82) is 0 Å². The van der Waals surface area contributed by atoms with Crippen LogP contribution in [0.2, 0.25) is 0 Å². The van der Waals surface area contributed by atoms with Crippen LogP contribution in [0.25, 0.3) is 0 Å². The van der Waals surface area contributed by atoms with Crippen LogP contribution in [-0.4, -0.2) is 49.7 Å². The summed E-state index contributed by atoms with van der Waals surface area (Å²) >= 11 is 3.45. The summed E-state index contributed by atoms with van der Waals surface area (Å²) in [4.78, 5) is 10.4. The van der Waals surface area contributed by atoms with Gasteiger partial charge in [-0.3, -0.25) is 15.5 Å². The van der Waals surface area contributed by atoms with E-state index < -0.39 is 14.9 Å². The predicted molar refractivity (Wildman–Crippen MR) is 113 cm³/mol. The molecule has 1 fully saturated rings. The first-order valence-corrected chi connectivity index (χ1v) is 11.0. The molecule has 0 amide bonds. The van der Waals surface area contributed by atoms with Crippen LogP contribution >= 0.6 is 15.9 Å². The largest absolute Gasteiger partial charge is 0.379 e. The zero-order chi connectivity index (χ0) is 21.0. The number of morpholine rings is 1. The van der Waals surface area contributed by atoms with Crippen molar-refractivity contribution in [1.82, 2.24) is 4.31 Å². The third kappa shape index (κ3) is 4.81. The summed E-state index contributed by atoms with van der Waals surface area (Å²) in [5.41, 5.74) is 4.06. The van der Waals surface area contributed by atoms with Crippen LogP contribution < -0.4 is 5.43 Å².